The molecule has 1 aliphatic rings. The largest absolute Gasteiger partial charge is 0.393 e. The molecule has 0 aliphatic heterocycles. The van der Waals surface area contributed by atoms with Gasteiger partial charge in [-0.3, -0.25) is 4.79 Å². The Bertz CT molecular complexity index is 289. The number of allylic oxidation sites excluding steroid dienone is 2. The van der Waals surface area contributed by atoms with Gasteiger partial charge in [0.2, 0.25) is 0 Å². The number of aliphatic hydroxyl groups excluding tert-OH is 1. The van der Waals surface area contributed by atoms with Gasteiger partial charge in [0.1, 0.15) is 5.78 Å². The molecule has 2 unspecified atom stereocenters. The first kappa shape index (κ1) is 13.4. The maximum atomic E-state index is 12.0. The summed E-state index contributed by atoms with van der Waals surface area (Å²) in [5.74, 6) is 0.257. The first-order chi connectivity index (χ1) is 7.35. The van der Waals surface area contributed by atoms with Crippen molar-refractivity contribution >= 4 is 5.78 Å². The van der Waals surface area contributed by atoms with Crippen LogP contribution in [-0.4, -0.2) is 17.0 Å². The van der Waals surface area contributed by atoms with Crippen LogP contribution < -0.4 is 0 Å². The number of hydrogen-bond donors (Lipinski definition) is 1. The highest BCUT2D eigenvalue weighted by Crippen LogP contribution is 2.37. The lowest BCUT2D eigenvalue weighted by molar-refractivity contribution is -0.124. The van der Waals surface area contributed by atoms with E-state index < -0.39 is 6.10 Å². The fourth-order valence-electron chi connectivity index (χ4n) is 2.47. The average molecular weight is 224 g/mol. The Balaban J connectivity index is 2.66. The molecule has 1 aliphatic carbocycles. The molecule has 2 heteroatoms. The van der Waals surface area contributed by atoms with Crippen LogP contribution in [0.25, 0.3) is 0 Å². The summed E-state index contributed by atoms with van der Waals surface area (Å²) >= 11 is 0. The minimum absolute atomic E-state index is 0.0502. The first-order valence-corrected chi connectivity index (χ1v) is 6.26. The van der Waals surface area contributed by atoms with E-state index in [2.05, 4.69) is 19.9 Å². The lowest BCUT2D eigenvalue weighted by Crippen LogP contribution is -2.27. The van der Waals surface area contributed by atoms with E-state index in [1.54, 1.807) is 0 Å². The maximum Gasteiger partial charge on any atom is 0.142 e. The molecule has 92 valence electrons. The highest BCUT2D eigenvalue weighted by atomic mass is 16.3. The molecule has 2 atom stereocenters. The Hall–Kier alpha value is -0.630. The third-order valence-electron chi connectivity index (χ3n) is 3.54. The van der Waals surface area contributed by atoms with Crippen LogP contribution in [0.3, 0.4) is 0 Å². The molecule has 0 spiro atoms. The molecule has 1 N–H and O–H groups in total. The molecule has 0 fully saturated rings. The fraction of sp³-hybridized carbons (Fsp3) is 0.786. The van der Waals surface area contributed by atoms with Crippen molar-refractivity contribution in [2.24, 2.45) is 11.3 Å². The van der Waals surface area contributed by atoms with E-state index >= 15 is 0 Å². The van der Waals surface area contributed by atoms with Gasteiger partial charge in [0.25, 0.3) is 0 Å². The van der Waals surface area contributed by atoms with Gasteiger partial charge in [-0.25, -0.2) is 0 Å². The summed E-state index contributed by atoms with van der Waals surface area (Å²) in [7, 11) is 0. The van der Waals surface area contributed by atoms with Gasteiger partial charge < -0.3 is 5.11 Å². The molecule has 0 radical (unpaired) electrons. The first-order valence-electron chi connectivity index (χ1n) is 6.26. The van der Waals surface area contributed by atoms with Crippen molar-refractivity contribution in [1.29, 1.82) is 0 Å². The van der Waals surface area contributed by atoms with E-state index in [-0.39, 0.29) is 17.1 Å². The quantitative estimate of drug-likeness (QED) is 0.745. The van der Waals surface area contributed by atoms with Crippen molar-refractivity contribution in [3.8, 4) is 0 Å². The molecule has 0 aromatic carbocycles. The molecule has 2 nitrogen and oxygen atoms in total. The summed E-state index contributed by atoms with van der Waals surface area (Å²) in [4.78, 5) is 12.0. The molecular weight excluding hydrogens is 200 g/mol. The van der Waals surface area contributed by atoms with Gasteiger partial charge in [-0.1, -0.05) is 32.4 Å². The predicted octanol–water partition coefficient (Wildman–Crippen LogP) is 3.10. The van der Waals surface area contributed by atoms with E-state index in [0.717, 1.165) is 12.8 Å². The Morgan fingerprint density at radius 1 is 1.62 bits per heavy atom. The number of rotatable bonds is 4. The molecule has 0 bridgehead atoms. The second-order valence-electron chi connectivity index (χ2n) is 5.70. The molecule has 0 amide bonds. The van der Waals surface area contributed by atoms with Crippen LogP contribution in [0, 0.1) is 11.3 Å². The molecule has 0 aromatic heterocycles. The molecular formula is C14H24O2. The number of carbonyl (C=O) groups excluding carboxylic acids is 1. The van der Waals surface area contributed by atoms with Gasteiger partial charge >= 0.3 is 0 Å². The summed E-state index contributed by atoms with van der Waals surface area (Å²) in [6.45, 7) is 8.36. The van der Waals surface area contributed by atoms with E-state index in [4.69, 9.17) is 0 Å². The molecule has 0 saturated carbocycles. The van der Waals surface area contributed by atoms with Crippen molar-refractivity contribution in [3.63, 3.8) is 0 Å². The van der Waals surface area contributed by atoms with Crippen LogP contribution in [0.15, 0.2) is 11.6 Å². The number of carbonyl (C=O) groups is 1. The number of aliphatic hydroxyl groups is 1. The molecule has 1 rings (SSSR count). The standard InChI is InChI=1S/C14H24O2/c1-5-11(15)8-13(16)12-6-7-14(3,4)9-10(12)2/h9,11-12,15H,5-8H2,1-4H3. The second-order valence-corrected chi connectivity index (χ2v) is 5.70. The summed E-state index contributed by atoms with van der Waals surface area (Å²) in [6.07, 6.45) is 4.72. The lowest BCUT2D eigenvalue weighted by Gasteiger charge is -2.31. The van der Waals surface area contributed by atoms with Gasteiger partial charge in [-0.15, -0.1) is 0 Å². The van der Waals surface area contributed by atoms with Crippen molar-refractivity contribution in [3.05, 3.63) is 11.6 Å². The van der Waals surface area contributed by atoms with Crippen molar-refractivity contribution in [2.75, 3.05) is 0 Å². The number of ketones is 1. The van der Waals surface area contributed by atoms with Crippen molar-refractivity contribution < 1.29 is 9.90 Å². The zero-order chi connectivity index (χ0) is 12.3. The van der Waals surface area contributed by atoms with E-state index in [9.17, 15) is 9.90 Å². The second kappa shape index (κ2) is 5.13. The third kappa shape index (κ3) is 3.44. The average Bonchev–Trinajstić information content (AvgIpc) is 2.15. The highest BCUT2D eigenvalue weighted by Gasteiger charge is 2.30. The summed E-state index contributed by atoms with van der Waals surface area (Å²) < 4.78 is 0. The summed E-state index contributed by atoms with van der Waals surface area (Å²) in [6, 6.07) is 0. The Kier molecular flexibility index (Phi) is 4.31. The zero-order valence-corrected chi connectivity index (χ0v) is 10.9. The van der Waals surface area contributed by atoms with Crippen molar-refractivity contribution in [1.82, 2.24) is 0 Å². The topological polar surface area (TPSA) is 37.3 Å². The Labute approximate surface area is 98.7 Å². The van der Waals surface area contributed by atoms with E-state index in [1.807, 2.05) is 13.8 Å². The molecule has 0 heterocycles. The minimum atomic E-state index is -0.463. The van der Waals surface area contributed by atoms with Crippen LogP contribution in [-0.2, 0) is 4.79 Å². The highest BCUT2D eigenvalue weighted by molar-refractivity contribution is 5.84. The summed E-state index contributed by atoms with van der Waals surface area (Å²) in [5.41, 5.74) is 1.41. The molecule has 0 saturated heterocycles. The van der Waals surface area contributed by atoms with Crippen LogP contribution in [0.2, 0.25) is 0 Å². The van der Waals surface area contributed by atoms with Gasteiger partial charge in [-0.2, -0.15) is 0 Å². The van der Waals surface area contributed by atoms with Crippen molar-refractivity contribution in [2.45, 2.75) is 59.5 Å². The van der Waals surface area contributed by atoms with E-state index in [1.165, 1.54) is 5.57 Å². The Morgan fingerprint density at radius 3 is 2.75 bits per heavy atom. The summed E-state index contributed by atoms with van der Waals surface area (Å²) in [5, 5.41) is 9.51. The number of hydrogen-bond acceptors (Lipinski definition) is 2. The lowest BCUT2D eigenvalue weighted by atomic mass is 9.73. The molecule has 0 aromatic rings. The normalized spacial score (nSPS) is 26.1. The van der Waals surface area contributed by atoms with Crippen LogP contribution >= 0.6 is 0 Å². The van der Waals surface area contributed by atoms with E-state index in [0.29, 0.717) is 12.8 Å². The van der Waals surface area contributed by atoms with Gasteiger partial charge in [0, 0.05) is 12.3 Å². The van der Waals surface area contributed by atoms with Crippen LogP contribution in [0.5, 0.6) is 0 Å². The van der Waals surface area contributed by atoms with Gasteiger partial charge in [0.05, 0.1) is 6.10 Å². The smallest absolute Gasteiger partial charge is 0.142 e. The predicted molar refractivity (Wildman–Crippen MR) is 66.2 cm³/mol. The monoisotopic (exact) mass is 224 g/mol. The Morgan fingerprint density at radius 2 is 2.25 bits per heavy atom. The maximum absolute atomic E-state index is 12.0. The number of Topliss-reactive ketones (excluding diaryl/α,β-unsaturated/α-hetero) is 1. The van der Waals surface area contributed by atoms with Crippen LogP contribution in [0.1, 0.15) is 53.4 Å². The zero-order valence-electron chi connectivity index (χ0n) is 10.9. The van der Waals surface area contributed by atoms with Gasteiger partial charge in [-0.05, 0) is 31.6 Å². The van der Waals surface area contributed by atoms with Gasteiger partial charge in [0.15, 0.2) is 0 Å². The minimum Gasteiger partial charge on any atom is -0.393 e. The third-order valence-corrected chi connectivity index (χ3v) is 3.54. The molecule has 16 heavy (non-hydrogen) atoms. The SMILES string of the molecule is CCC(O)CC(=O)C1CCC(C)(C)C=C1C. The fourth-order valence-corrected chi connectivity index (χ4v) is 2.47. The van der Waals surface area contributed by atoms with Crippen LogP contribution in [0.4, 0.5) is 0 Å².